The fourth-order valence-electron chi connectivity index (χ4n) is 3.95. The molecule has 3 heterocycles. The summed E-state index contributed by atoms with van der Waals surface area (Å²) in [5.41, 5.74) is 2.33. The van der Waals surface area contributed by atoms with Crippen LogP contribution in [0, 0.1) is 17.7 Å². The number of hydrogen-bond donors (Lipinski definition) is 1. The van der Waals surface area contributed by atoms with E-state index in [1.54, 1.807) is 24.3 Å². The smallest absolute Gasteiger partial charge is 0.257 e. The second kappa shape index (κ2) is 6.78. The molecule has 0 atom stereocenters. The summed E-state index contributed by atoms with van der Waals surface area (Å²) in [7, 11) is 0. The predicted octanol–water partition coefficient (Wildman–Crippen LogP) is 3.62. The van der Waals surface area contributed by atoms with Gasteiger partial charge in [-0.2, -0.15) is 4.98 Å². The lowest BCUT2D eigenvalue weighted by Gasteiger charge is -2.32. The molecule has 150 valence electrons. The Balaban J connectivity index is 1.73. The van der Waals surface area contributed by atoms with E-state index in [2.05, 4.69) is 26.9 Å². The van der Waals surface area contributed by atoms with Gasteiger partial charge in [0.05, 0.1) is 5.52 Å². The number of hydrogen-bond acceptors (Lipinski definition) is 5. The summed E-state index contributed by atoms with van der Waals surface area (Å²) in [6, 6.07) is 10.9. The van der Waals surface area contributed by atoms with Crippen molar-refractivity contribution in [3.8, 4) is 11.8 Å². The van der Waals surface area contributed by atoms with E-state index < -0.39 is 5.60 Å². The number of benzene rings is 2. The fraction of sp³-hybridized carbons (Fsp3) is 0.261. The first-order chi connectivity index (χ1) is 14.4. The average molecular weight is 401 g/mol. The standard InChI is InChI=1S/C23H20FN5O/c1-23(2,30)12-11-15-6-3-10-19-16(15)8-5-13-28(19)21-17-7-4-9-18(24)20(17)29-14-25-27-22(29)26-21/h3-4,6-7,9-10,14,30H,5,8,13H2,1-2H3. The third-order valence-electron chi connectivity index (χ3n) is 5.21. The molecule has 7 heteroatoms. The van der Waals surface area contributed by atoms with E-state index in [1.165, 1.54) is 12.4 Å². The van der Waals surface area contributed by atoms with E-state index in [4.69, 9.17) is 4.98 Å². The molecule has 2 aromatic carbocycles. The molecule has 0 aliphatic carbocycles. The van der Waals surface area contributed by atoms with E-state index in [-0.39, 0.29) is 5.82 Å². The molecule has 0 fully saturated rings. The molecule has 4 aromatic rings. The van der Waals surface area contributed by atoms with Crippen molar-refractivity contribution in [3.63, 3.8) is 0 Å². The second-order valence-electron chi connectivity index (χ2n) is 7.94. The molecule has 0 saturated carbocycles. The SMILES string of the molecule is CC(C)(O)C#Cc1cccc2c1CCCN2c1nc2nncn2c2c(F)cccc12. The van der Waals surface area contributed by atoms with Crippen molar-refractivity contribution in [2.24, 2.45) is 0 Å². The molecule has 0 bridgehead atoms. The number of halogens is 1. The molecule has 2 aromatic heterocycles. The van der Waals surface area contributed by atoms with Crippen LogP contribution in [0.2, 0.25) is 0 Å². The molecule has 1 aliphatic rings. The summed E-state index contributed by atoms with van der Waals surface area (Å²) >= 11 is 0. The maximum Gasteiger partial charge on any atom is 0.257 e. The Hall–Kier alpha value is -3.50. The first-order valence-electron chi connectivity index (χ1n) is 9.85. The van der Waals surface area contributed by atoms with Crippen LogP contribution in [0.15, 0.2) is 42.7 Å². The Kier molecular flexibility index (Phi) is 4.19. The van der Waals surface area contributed by atoms with Gasteiger partial charge in [0.25, 0.3) is 5.78 Å². The molecular weight excluding hydrogens is 381 g/mol. The number of aliphatic hydroxyl groups is 1. The molecule has 5 rings (SSSR count). The lowest BCUT2D eigenvalue weighted by atomic mass is 9.95. The fourth-order valence-corrected chi connectivity index (χ4v) is 3.95. The average Bonchev–Trinajstić information content (AvgIpc) is 3.19. The van der Waals surface area contributed by atoms with Crippen LogP contribution >= 0.6 is 0 Å². The van der Waals surface area contributed by atoms with Gasteiger partial charge in [0.15, 0.2) is 0 Å². The molecule has 1 aliphatic heterocycles. The zero-order valence-corrected chi connectivity index (χ0v) is 16.7. The highest BCUT2D eigenvalue weighted by Crippen LogP contribution is 2.38. The van der Waals surface area contributed by atoms with Crippen LogP contribution < -0.4 is 4.90 Å². The summed E-state index contributed by atoms with van der Waals surface area (Å²) < 4.78 is 16.3. The molecule has 1 N–H and O–H groups in total. The van der Waals surface area contributed by atoms with Crippen molar-refractivity contribution in [2.75, 3.05) is 11.4 Å². The Morgan fingerprint density at radius 2 is 2.00 bits per heavy atom. The number of rotatable bonds is 1. The monoisotopic (exact) mass is 401 g/mol. The number of anilines is 2. The zero-order chi connectivity index (χ0) is 20.9. The van der Waals surface area contributed by atoms with Gasteiger partial charge in [0.1, 0.15) is 23.6 Å². The molecule has 6 nitrogen and oxygen atoms in total. The van der Waals surface area contributed by atoms with Gasteiger partial charge in [-0.05, 0) is 56.5 Å². The van der Waals surface area contributed by atoms with Gasteiger partial charge in [-0.1, -0.05) is 24.0 Å². The molecule has 0 radical (unpaired) electrons. The molecule has 0 spiro atoms. The van der Waals surface area contributed by atoms with Crippen molar-refractivity contribution >= 4 is 28.2 Å². The van der Waals surface area contributed by atoms with Gasteiger partial charge in [-0.3, -0.25) is 4.40 Å². The maximum atomic E-state index is 14.7. The third kappa shape index (κ3) is 3.06. The third-order valence-corrected chi connectivity index (χ3v) is 5.21. The lowest BCUT2D eigenvalue weighted by Crippen LogP contribution is -2.26. The Bertz CT molecular complexity index is 1340. The first-order valence-corrected chi connectivity index (χ1v) is 9.85. The normalized spacial score (nSPS) is 13.9. The van der Waals surface area contributed by atoms with Crippen LogP contribution in [0.1, 0.15) is 31.4 Å². The quantitative estimate of drug-likeness (QED) is 0.494. The summed E-state index contributed by atoms with van der Waals surface area (Å²) in [5.74, 6) is 6.69. The topological polar surface area (TPSA) is 66.5 Å². The van der Waals surface area contributed by atoms with Crippen LogP contribution in [0.4, 0.5) is 15.9 Å². The van der Waals surface area contributed by atoms with Gasteiger partial charge in [0, 0.05) is 23.2 Å². The van der Waals surface area contributed by atoms with Crippen LogP contribution in [0.5, 0.6) is 0 Å². The first kappa shape index (κ1) is 18.5. The number of nitrogens with zero attached hydrogens (tertiary/aromatic N) is 5. The molecular formula is C23H20FN5O. The van der Waals surface area contributed by atoms with Crippen molar-refractivity contribution < 1.29 is 9.50 Å². The minimum absolute atomic E-state index is 0.344. The minimum Gasteiger partial charge on any atom is -0.378 e. The Morgan fingerprint density at radius 3 is 2.83 bits per heavy atom. The largest absolute Gasteiger partial charge is 0.378 e. The molecule has 0 saturated heterocycles. The highest BCUT2D eigenvalue weighted by Gasteiger charge is 2.25. The van der Waals surface area contributed by atoms with Crippen LogP contribution in [0.25, 0.3) is 16.7 Å². The van der Waals surface area contributed by atoms with Gasteiger partial charge >= 0.3 is 0 Å². The Labute approximate surface area is 173 Å². The zero-order valence-electron chi connectivity index (χ0n) is 16.7. The van der Waals surface area contributed by atoms with E-state index in [1.807, 2.05) is 24.3 Å². The van der Waals surface area contributed by atoms with E-state index in [9.17, 15) is 9.50 Å². The summed E-state index contributed by atoms with van der Waals surface area (Å²) in [6.07, 6.45) is 3.26. The molecule has 0 unspecified atom stereocenters. The van der Waals surface area contributed by atoms with Gasteiger partial charge < -0.3 is 10.0 Å². The van der Waals surface area contributed by atoms with Crippen LogP contribution in [-0.4, -0.2) is 36.8 Å². The Morgan fingerprint density at radius 1 is 1.17 bits per heavy atom. The number of para-hydroxylation sites is 1. The van der Waals surface area contributed by atoms with Gasteiger partial charge in [0.2, 0.25) is 0 Å². The van der Waals surface area contributed by atoms with E-state index >= 15 is 0 Å². The summed E-state index contributed by atoms with van der Waals surface area (Å²) in [6.45, 7) is 4.08. The molecule has 30 heavy (non-hydrogen) atoms. The summed E-state index contributed by atoms with van der Waals surface area (Å²) in [4.78, 5) is 6.82. The maximum absolute atomic E-state index is 14.7. The predicted molar refractivity (Wildman–Crippen MR) is 113 cm³/mol. The second-order valence-corrected chi connectivity index (χ2v) is 7.94. The highest BCUT2D eigenvalue weighted by atomic mass is 19.1. The minimum atomic E-state index is -1.06. The lowest BCUT2D eigenvalue weighted by molar-refractivity contribution is 0.143. The van der Waals surface area contributed by atoms with Crippen molar-refractivity contribution in [2.45, 2.75) is 32.3 Å². The number of aromatic nitrogens is 4. The van der Waals surface area contributed by atoms with E-state index in [0.717, 1.165) is 36.2 Å². The highest BCUT2D eigenvalue weighted by molar-refractivity contribution is 5.94. The van der Waals surface area contributed by atoms with E-state index in [0.29, 0.717) is 22.5 Å². The number of fused-ring (bicyclic) bond motifs is 4. The summed E-state index contributed by atoms with van der Waals surface area (Å²) in [5, 5.41) is 18.7. The van der Waals surface area contributed by atoms with Crippen molar-refractivity contribution in [1.29, 1.82) is 0 Å². The molecule has 0 amide bonds. The van der Waals surface area contributed by atoms with Crippen molar-refractivity contribution in [1.82, 2.24) is 19.6 Å². The van der Waals surface area contributed by atoms with Crippen LogP contribution in [-0.2, 0) is 6.42 Å². The van der Waals surface area contributed by atoms with Crippen LogP contribution in [0.3, 0.4) is 0 Å². The van der Waals surface area contributed by atoms with Gasteiger partial charge in [-0.15, -0.1) is 10.2 Å². The van der Waals surface area contributed by atoms with Crippen molar-refractivity contribution in [3.05, 3.63) is 59.7 Å². The van der Waals surface area contributed by atoms with Gasteiger partial charge in [-0.25, -0.2) is 4.39 Å².